The first-order chi connectivity index (χ1) is 9.43. The Balaban J connectivity index is 2.47. The van der Waals surface area contributed by atoms with Crippen LogP contribution in [0.3, 0.4) is 0 Å². The molecule has 0 aromatic carbocycles. The van der Waals surface area contributed by atoms with Crippen LogP contribution in [0.4, 0.5) is 0 Å². The molecule has 1 fully saturated rings. The molecule has 20 heavy (non-hydrogen) atoms. The third-order valence-corrected chi connectivity index (χ3v) is 3.54. The van der Waals surface area contributed by atoms with Crippen LogP contribution < -0.4 is 0 Å². The monoisotopic (exact) mass is 284 g/mol. The minimum atomic E-state index is -0.369. The second-order valence-electron chi connectivity index (χ2n) is 5.79. The molecule has 0 aromatic heterocycles. The van der Waals surface area contributed by atoms with Crippen molar-refractivity contribution in [2.45, 2.75) is 46.0 Å². The summed E-state index contributed by atoms with van der Waals surface area (Å²) in [6.45, 7) is 4.31. The summed E-state index contributed by atoms with van der Waals surface area (Å²) in [6, 6.07) is 0. The van der Waals surface area contributed by atoms with Crippen LogP contribution in [0.25, 0.3) is 0 Å². The van der Waals surface area contributed by atoms with Crippen molar-refractivity contribution in [3.63, 3.8) is 0 Å². The summed E-state index contributed by atoms with van der Waals surface area (Å²) in [5.41, 5.74) is 0. The van der Waals surface area contributed by atoms with E-state index in [1.54, 1.807) is 0 Å². The van der Waals surface area contributed by atoms with Gasteiger partial charge in [-0.1, -0.05) is 20.3 Å². The van der Waals surface area contributed by atoms with Crippen molar-refractivity contribution in [2.24, 2.45) is 17.8 Å². The van der Waals surface area contributed by atoms with E-state index in [0.29, 0.717) is 19.4 Å². The van der Waals surface area contributed by atoms with Crippen molar-refractivity contribution >= 4 is 17.7 Å². The number of carbonyl (C=O) groups is 3. The Hall–Kier alpha value is -1.39. The number of hydrogen-bond donors (Lipinski definition) is 0. The number of Topliss-reactive ketones (excluding diaryl/α,β-unsaturated/α-hetero) is 1. The van der Waals surface area contributed by atoms with Crippen LogP contribution in [0.15, 0.2) is 0 Å². The molecule has 1 aliphatic rings. The Morgan fingerprint density at radius 1 is 1.15 bits per heavy atom. The SMILES string of the molecule is COC(=O)CC1CCC[C@@H](CC(=O)OCC(C)C)C1=O. The maximum atomic E-state index is 12.2. The highest BCUT2D eigenvalue weighted by atomic mass is 16.5. The second kappa shape index (κ2) is 8.02. The average molecular weight is 284 g/mol. The summed E-state index contributed by atoms with van der Waals surface area (Å²) in [5, 5.41) is 0. The number of esters is 2. The minimum Gasteiger partial charge on any atom is -0.469 e. The quantitative estimate of drug-likeness (QED) is 0.699. The lowest BCUT2D eigenvalue weighted by Gasteiger charge is -2.26. The molecule has 0 heterocycles. The molecule has 5 heteroatoms. The number of ether oxygens (including phenoxy) is 2. The predicted molar refractivity (Wildman–Crippen MR) is 72.9 cm³/mol. The Kier molecular flexibility index (Phi) is 6.68. The Morgan fingerprint density at radius 3 is 2.20 bits per heavy atom. The van der Waals surface area contributed by atoms with E-state index in [0.717, 1.165) is 6.42 Å². The lowest BCUT2D eigenvalue weighted by Crippen LogP contribution is -2.32. The lowest BCUT2D eigenvalue weighted by molar-refractivity contribution is -0.150. The predicted octanol–water partition coefficient (Wildman–Crippen LogP) is 2.12. The molecule has 0 spiro atoms. The van der Waals surface area contributed by atoms with Gasteiger partial charge in [-0.3, -0.25) is 14.4 Å². The number of methoxy groups -OCH3 is 1. The van der Waals surface area contributed by atoms with Crippen LogP contribution in [0.1, 0.15) is 46.0 Å². The van der Waals surface area contributed by atoms with Gasteiger partial charge in [-0.15, -0.1) is 0 Å². The fraction of sp³-hybridized carbons (Fsp3) is 0.800. The minimum absolute atomic E-state index is 0.00291. The van der Waals surface area contributed by atoms with Gasteiger partial charge >= 0.3 is 11.9 Å². The summed E-state index contributed by atoms with van der Waals surface area (Å²) in [5.74, 6) is -1.02. The van der Waals surface area contributed by atoms with E-state index in [1.807, 2.05) is 13.8 Å². The van der Waals surface area contributed by atoms with Crippen molar-refractivity contribution < 1.29 is 23.9 Å². The van der Waals surface area contributed by atoms with Crippen molar-refractivity contribution in [3.8, 4) is 0 Å². The molecule has 0 aliphatic heterocycles. The van der Waals surface area contributed by atoms with E-state index < -0.39 is 0 Å². The molecule has 0 radical (unpaired) electrons. The summed E-state index contributed by atoms with van der Waals surface area (Å²) in [4.78, 5) is 35.2. The molecule has 2 atom stereocenters. The summed E-state index contributed by atoms with van der Waals surface area (Å²) in [6.07, 6.45) is 2.50. The van der Waals surface area contributed by atoms with Crippen LogP contribution in [-0.4, -0.2) is 31.4 Å². The maximum Gasteiger partial charge on any atom is 0.306 e. The topological polar surface area (TPSA) is 69.7 Å². The van der Waals surface area contributed by atoms with Gasteiger partial charge in [-0.2, -0.15) is 0 Å². The van der Waals surface area contributed by atoms with E-state index in [2.05, 4.69) is 4.74 Å². The van der Waals surface area contributed by atoms with Crippen LogP contribution in [0.2, 0.25) is 0 Å². The van der Waals surface area contributed by atoms with Gasteiger partial charge in [0.1, 0.15) is 5.78 Å². The molecule has 1 aliphatic carbocycles. The van der Waals surface area contributed by atoms with Gasteiger partial charge in [0.2, 0.25) is 0 Å². The van der Waals surface area contributed by atoms with Crippen LogP contribution >= 0.6 is 0 Å². The Bertz CT molecular complexity index is 361. The second-order valence-corrected chi connectivity index (χ2v) is 5.79. The Labute approximate surface area is 120 Å². The molecule has 0 bridgehead atoms. The molecule has 0 N–H and O–H groups in total. The van der Waals surface area contributed by atoms with Crippen LogP contribution in [0.5, 0.6) is 0 Å². The number of rotatable bonds is 6. The lowest BCUT2D eigenvalue weighted by atomic mass is 9.77. The van der Waals surface area contributed by atoms with Crippen molar-refractivity contribution in [1.82, 2.24) is 0 Å². The molecule has 0 amide bonds. The molecule has 114 valence electrons. The first kappa shape index (κ1) is 16.7. The first-order valence-corrected chi connectivity index (χ1v) is 7.20. The van der Waals surface area contributed by atoms with E-state index in [9.17, 15) is 14.4 Å². The third-order valence-electron chi connectivity index (χ3n) is 3.54. The fourth-order valence-corrected chi connectivity index (χ4v) is 2.44. The fourth-order valence-electron chi connectivity index (χ4n) is 2.44. The standard InChI is InChI=1S/C15H24O5/c1-10(2)9-20-14(17)8-12-6-4-5-11(15(12)18)7-13(16)19-3/h10-12H,4-9H2,1-3H3/t11?,12-/m0/s1. The van der Waals surface area contributed by atoms with Crippen molar-refractivity contribution in [3.05, 3.63) is 0 Å². The van der Waals surface area contributed by atoms with Gasteiger partial charge in [0, 0.05) is 11.8 Å². The normalized spacial score (nSPS) is 22.7. The van der Waals surface area contributed by atoms with Gasteiger partial charge in [-0.25, -0.2) is 0 Å². The summed E-state index contributed by atoms with van der Waals surface area (Å²) < 4.78 is 9.71. The van der Waals surface area contributed by atoms with E-state index in [4.69, 9.17) is 4.74 Å². The zero-order chi connectivity index (χ0) is 15.1. The Morgan fingerprint density at radius 2 is 1.70 bits per heavy atom. The van der Waals surface area contributed by atoms with Gasteiger partial charge in [0.15, 0.2) is 0 Å². The molecule has 0 saturated heterocycles. The molecule has 0 aromatic rings. The third kappa shape index (κ3) is 5.31. The van der Waals surface area contributed by atoms with Crippen LogP contribution in [0, 0.1) is 17.8 Å². The maximum absolute atomic E-state index is 12.2. The smallest absolute Gasteiger partial charge is 0.306 e. The average Bonchev–Trinajstić information content (AvgIpc) is 2.40. The van der Waals surface area contributed by atoms with Gasteiger partial charge in [0.25, 0.3) is 0 Å². The highest BCUT2D eigenvalue weighted by molar-refractivity contribution is 5.90. The van der Waals surface area contributed by atoms with E-state index in [-0.39, 0.29) is 48.3 Å². The number of carbonyl (C=O) groups excluding carboxylic acids is 3. The molecule has 1 saturated carbocycles. The van der Waals surface area contributed by atoms with E-state index >= 15 is 0 Å². The van der Waals surface area contributed by atoms with Crippen molar-refractivity contribution in [1.29, 1.82) is 0 Å². The van der Waals surface area contributed by atoms with Gasteiger partial charge in [-0.05, 0) is 18.8 Å². The molecule has 5 nitrogen and oxygen atoms in total. The highest BCUT2D eigenvalue weighted by Gasteiger charge is 2.34. The van der Waals surface area contributed by atoms with Gasteiger partial charge in [0.05, 0.1) is 26.6 Å². The molecular formula is C15H24O5. The number of ketones is 1. The van der Waals surface area contributed by atoms with Gasteiger partial charge < -0.3 is 9.47 Å². The molecule has 1 rings (SSSR count). The summed E-state index contributed by atoms with van der Waals surface area (Å²) in [7, 11) is 1.32. The zero-order valence-electron chi connectivity index (χ0n) is 12.5. The largest absolute Gasteiger partial charge is 0.469 e. The molecular weight excluding hydrogens is 260 g/mol. The number of hydrogen-bond acceptors (Lipinski definition) is 5. The zero-order valence-corrected chi connectivity index (χ0v) is 12.5. The highest BCUT2D eigenvalue weighted by Crippen LogP contribution is 2.30. The van der Waals surface area contributed by atoms with E-state index in [1.165, 1.54) is 7.11 Å². The summed E-state index contributed by atoms with van der Waals surface area (Å²) >= 11 is 0. The first-order valence-electron chi connectivity index (χ1n) is 7.20. The molecule has 1 unspecified atom stereocenters. The van der Waals surface area contributed by atoms with Crippen molar-refractivity contribution in [2.75, 3.05) is 13.7 Å². The van der Waals surface area contributed by atoms with Crippen LogP contribution in [-0.2, 0) is 23.9 Å².